The van der Waals surface area contributed by atoms with Gasteiger partial charge in [-0.15, -0.1) is 0 Å². The van der Waals surface area contributed by atoms with E-state index in [9.17, 15) is 0 Å². The van der Waals surface area contributed by atoms with E-state index in [-0.39, 0.29) is 6.04 Å². The second-order valence-corrected chi connectivity index (χ2v) is 4.74. The second-order valence-electron chi connectivity index (χ2n) is 3.70. The van der Waals surface area contributed by atoms with Crippen LogP contribution in [0.1, 0.15) is 25.1 Å². The number of nitrogens with two attached hydrogens (primary N) is 1. The van der Waals surface area contributed by atoms with Crippen LogP contribution in [0.4, 0.5) is 0 Å². The van der Waals surface area contributed by atoms with Gasteiger partial charge in [0.05, 0.1) is 5.69 Å². The predicted molar refractivity (Wildman–Crippen MR) is 66.6 cm³/mol. The Morgan fingerprint density at radius 3 is 2.76 bits per heavy atom. The first-order valence-corrected chi connectivity index (χ1v) is 6.25. The van der Waals surface area contributed by atoms with Crippen molar-refractivity contribution in [1.82, 2.24) is 19.7 Å². The third-order valence-electron chi connectivity index (χ3n) is 2.46. The summed E-state index contributed by atoms with van der Waals surface area (Å²) >= 11 is 1.53. The summed E-state index contributed by atoms with van der Waals surface area (Å²) in [6, 6.07) is 3.99. The Kier molecular flexibility index (Phi) is 3.75. The molecular formula is C11H15N5S. The summed E-state index contributed by atoms with van der Waals surface area (Å²) in [5.41, 5.74) is 6.83. The van der Waals surface area contributed by atoms with Crippen molar-refractivity contribution in [3.8, 4) is 0 Å². The molecule has 0 aromatic carbocycles. The highest BCUT2D eigenvalue weighted by Crippen LogP contribution is 2.25. The first-order chi connectivity index (χ1) is 8.20. The van der Waals surface area contributed by atoms with E-state index >= 15 is 0 Å². The van der Waals surface area contributed by atoms with Gasteiger partial charge in [-0.2, -0.15) is 5.10 Å². The lowest BCUT2D eigenvalue weighted by molar-refractivity contribution is 0.673. The van der Waals surface area contributed by atoms with E-state index in [1.165, 1.54) is 18.1 Å². The van der Waals surface area contributed by atoms with Gasteiger partial charge in [-0.25, -0.2) is 9.67 Å². The molecule has 0 radical (unpaired) electrons. The molecule has 0 aliphatic carbocycles. The molecule has 1 unspecified atom stereocenters. The van der Waals surface area contributed by atoms with Gasteiger partial charge in [-0.1, -0.05) is 6.92 Å². The first kappa shape index (κ1) is 12.1. The average molecular weight is 249 g/mol. The highest BCUT2D eigenvalue weighted by atomic mass is 32.2. The van der Waals surface area contributed by atoms with Crippen molar-refractivity contribution in [3.63, 3.8) is 0 Å². The van der Waals surface area contributed by atoms with Gasteiger partial charge >= 0.3 is 0 Å². The zero-order valence-electron chi connectivity index (χ0n) is 9.87. The number of pyridine rings is 1. The summed E-state index contributed by atoms with van der Waals surface area (Å²) in [4.78, 5) is 9.54. The van der Waals surface area contributed by atoms with Gasteiger partial charge in [0.25, 0.3) is 0 Å². The molecule has 0 saturated carbocycles. The molecule has 0 aliphatic heterocycles. The quantitative estimate of drug-likeness (QED) is 0.894. The normalized spacial score (nSPS) is 12.6. The Morgan fingerprint density at radius 2 is 2.24 bits per heavy atom. The van der Waals surface area contributed by atoms with Crippen LogP contribution in [-0.4, -0.2) is 19.7 Å². The number of hydrogen-bond donors (Lipinski definition) is 1. The molecule has 2 aromatic heterocycles. The summed E-state index contributed by atoms with van der Waals surface area (Å²) < 4.78 is 1.73. The SMILES string of the molecule is CCC(N)c1ccc(Sc2ncnn2C)cn1. The maximum absolute atomic E-state index is 5.91. The first-order valence-electron chi connectivity index (χ1n) is 5.44. The number of aryl methyl sites for hydroxylation is 1. The molecule has 0 bridgehead atoms. The van der Waals surface area contributed by atoms with Crippen molar-refractivity contribution in [2.24, 2.45) is 12.8 Å². The summed E-state index contributed by atoms with van der Waals surface area (Å²) in [6.45, 7) is 2.05. The fourth-order valence-corrected chi connectivity index (χ4v) is 2.10. The van der Waals surface area contributed by atoms with Crippen LogP contribution in [-0.2, 0) is 7.05 Å². The monoisotopic (exact) mass is 249 g/mol. The van der Waals surface area contributed by atoms with Crippen LogP contribution in [0, 0.1) is 0 Å². The summed E-state index contributed by atoms with van der Waals surface area (Å²) in [5.74, 6) is 0. The number of rotatable bonds is 4. The minimum Gasteiger partial charge on any atom is -0.323 e. The Hall–Kier alpha value is -1.40. The maximum Gasteiger partial charge on any atom is 0.190 e. The molecule has 0 amide bonds. The average Bonchev–Trinajstić information content (AvgIpc) is 2.75. The van der Waals surface area contributed by atoms with E-state index in [1.54, 1.807) is 4.68 Å². The Morgan fingerprint density at radius 1 is 1.41 bits per heavy atom. The topological polar surface area (TPSA) is 69.6 Å². The molecular weight excluding hydrogens is 234 g/mol. The minimum absolute atomic E-state index is 0.0175. The van der Waals surface area contributed by atoms with Gasteiger partial charge in [0.1, 0.15) is 6.33 Å². The van der Waals surface area contributed by atoms with Gasteiger partial charge < -0.3 is 5.73 Å². The molecule has 2 rings (SSSR count). The fraction of sp³-hybridized carbons (Fsp3) is 0.364. The zero-order chi connectivity index (χ0) is 12.3. The Balaban J connectivity index is 2.11. The van der Waals surface area contributed by atoms with Gasteiger partial charge in [0, 0.05) is 24.2 Å². The molecule has 0 fully saturated rings. The molecule has 5 nitrogen and oxygen atoms in total. The van der Waals surface area contributed by atoms with Crippen LogP contribution >= 0.6 is 11.8 Å². The van der Waals surface area contributed by atoms with Crippen LogP contribution in [0.3, 0.4) is 0 Å². The molecule has 17 heavy (non-hydrogen) atoms. The molecule has 6 heteroatoms. The van der Waals surface area contributed by atoms with Crippen molar-refractivity contribution in [3.05, 3.63) is 30.4 Å². The van der Waals surface area contributed by atoms with Crippen molar-refractivity contribution in [2.75, 3.05) is 0 Å². The minimum atomic E-state index is 0.0175. The van der Waals surface area contributed by atoms with Gasteiger partial charge in [-0.3, -0.25) is 4.98 Å². The number of hydrogen-bond acceptors (Lipinski definition) is 5. The Bertz CT molecular complexity index is 479. The number of nitrogens with zero attached hydrogens (tertiary/aromatic N) is 4. The summed E-state index contributed by atoms with van der Waals surface area (Å²) in [7, 11) is 1.87. The molecule has 0 spiro atoms. The van der Waals surface area contributed by atoms with Crippen LogP contribution in [0.15, 0.2) is 34.7 Å². The number of aromatic nitrogens is 4. The van der Waals surface area contributed by atoms with Gasteiger partial charge in [0.2, 0.25) is 0 Å². The highest BCUT2D eigenvalue weighted by molar-refractivity contribution is 7.99. The molecule has 2 aromatic rings. The van der Waals surface area contributed by atoms with E-state index in [1.807, 2.05) is 25.4 Å². The van der Waals surface area contributed by atoms with Crippen molar-refractivity contribution in [2.45, 2.75) is 29.4 Å². The lowest BCUT2D eigenvalue weighted by Crippen LogP contribution is -2.10. The van der Waals surface area contributed by atoms with Crippen LogP contribution < -0.4 is 5.73 Å². The van der Waals surface area contributed by atoms with Crippen molar-refractivity contribution in [1.29, 1.82) is 0 Å². The third kappa shape index (κ3) is 2.83. The second kappa shape index (κ2) is 5.29. The van der Waals surface area contributed by atoms with E-state index < -0.39 is 0 Å². The zero-order valence-corrected chi connectivity index (χ0v) is 10.7. The molecule has 2 heterocycles. The standard InChI is InChI=1S/C11H15N5S/c1-3-9(12)10-5-4-8(6-13-10)17-11-14-7-15-16(11)2/h4-7,9H,3,12H2,1-2H3. The lowest BCUT2D eigenvalue weighted by Gasteiger charge is -2.08. The van der Waals surface area contributed by atoms with E-state index in [4.69, 9.17) is 5.73 Å². The molecule has 0 saturated heterocycles. The smallest absolute Gasteiger partial charge is 0.190 e. The lowest BCUT2D eigenvalue weighted by atomic mass is 10.1. The van der Waals surface area contributed by atoms with Gasteiger partial charge in [-0.05, 0) is 30.3 Å². The van der Waals surface area contributed by atoms with E-state index in [0.717, 1.165) is 22.2 Å². The molecule has 90 valence electrons. The van der Waals surface area contributed by atoms with Crippen molar-refractivity contribution >= 4 is 11.8 Å². The maximum atomic E-state index is 5.91. The predicted octanol–water partition coefficient (Wildman–Crippen LogP) is 1.77. The molecule has 0 aliphatic rings. The highest BCUT2D eigenvalue weighted by Gasteiger charge is 2.07. The van der Waals surface area contributed by atoms with E-state index in [2.05, 4.69) is 22.0 Å². The van der Waals surface area contributed by atoms with E-state index in [0.29, 0.717) is 0 Å². The fourth-order valence-electron chi connectivity index (χ4n) is 1.36. The largest absolute Gasteiger partial charge is 0.323 e. The van der Waals surface area contributed by atoms with Crippen molar-refractivity contribution < 1.29 is 0 Å². The third-order valence-corrected chi connectivity index (χ3v) is 3.49. The molecule has 2 N–H and O–H groups in total. The molecule has 1 atom stereocenters. The summed E-state index contributed by atoms with van der Waals surface area (Å²) in [6.07, 6.45) is 4.25. The van der Waals surface area contributed by atoms with Crippen LogP contribution in [0.2, 0.25) is 0 Å². The van der Waals surface area contributed by atoms with Crippen LogP contribution in [0.5, 0.6) is 0 Å². The summed E-state index contributed by atoms with van der Waals surface area (Å²) in [5, 5.41) is 4.86. The van der Waals surface area contributed by atoms with Gasteiger partial charge in [0.15, 0.2) is 5.16 Å². The van der Waals surface area contributed by atoms with Crippen LogP contribution in [0.25, 0.3) is 0 Å². The Labute approximate surface area is 104 Å².